The minimum absolute atomic E-state index is 0.247. The molecular formula is C22H27ClN6. The SMILES string of the molecule is CN(C)c1ncc(-c2cnn(C)c2)c(C2CCCCN2Cc2ccc(Cl)cc2)n1. The van der Waals surface area contributed by atoms with E-state index in [0.717, 1.165) is 47.3 Å². The fourth-order valence-corrected chi connectivity index (χ4v) is 4.08. The van der Waals surface area contributed by atoms with Crippen LogP contribution in [0, 0.1) is 0 Å². The number of piperidine rings is 1. The Morgan fingerprint density at radius 1 is 1.14 bits per heavy atom. The summed E-state index contributed by atoms with van der Waals surface area (Å²) in [6.45, 7) is 1.94. The van der Waals surface area contributed by atoms with Gasteiger partial charge in [0.2, 0.25) is 5.95 Å². The van der Waals surface area contributed by atoms with Gasteiger partial charge in [0.1, 0.15) is 0 Å². The normalized spacial score (nSPS) is 17.4. The highest BCUT2D eigenvalue weighted by molar-refractivity contribution is 6.30. The van der Waals surface area contributed by atoms with Crippen LogP contribution in [0.2, 0.25) is 5.02 Å². The fourth-order valence-electron chi connectivity index (χ4n) is 3.95. The lowest BCUT2D eigenvalue weighted by molar-refractivity contribution is 0.137. The van der Waals surface area contributed by atoms with Crippen molar-refractivity contribution < 1.29 is 0 Å². The lowest BCUT2D eigenvalue weighted by Crippen LogP contribution is -2.34. The molecule has 1 aromatic carbocycles. The van der Waals surface area contributed by atoms with Crippen LogP contribution < -0.4 is 4.90 Å². The van der Waals surface area contributed by atoms with E-state index in [1.54, 1.807) is 0 Å². The molecule has 0 radical (unpaired) electrons. The van der Waals surface area contributed by atoms with Gasteiger partial charge in [-0.05, 0) is 37.1 Å². The molecule has 6 nitrogen and oxygen atoms in total. The van der Waals surface area contributed by atoms with E-state index >= 15 is 0 Å². The van der Waals surface area contributed by atoms with Gasteiger partial charge in [0, 0.05) is 56.2 Å². The van der Waals surface area contributed by atoms with Crippen molar-refractivity contribution in [2.75, 3.05) is 25.5 Å². The van der Waals surface area contributed by atoms with Crippen molar-refractivity contribution in [3.05, 3.63) is 59.1 Å². The van der Waals surface area contributed by atoms with Crippen molar-refractivity contribution in [3.63, 3.8) is 0 Å². The molecule has 152 valence electrons. The maximum absolute atomic E-state index is 6.07. The number of nitrogens with zero attached hydrogens (tertiary/aromatic N) is 6. The predicted octanol–water partition coefficient (Wildman–Crippen LogP) is 4.32. The number of rotatable bonds is 5. The topological polar surface area (TPSA) is 50.1 Å². The summed E-state index contributed by atoms with van der Waals surface area (Å²) in [5.74, 6) is 0.740. The first-order valence-corrected chi connectivity index (χ1v) is 10.4. The van der Waals surface area contributed by atoms with Crippen molar-refractivity contribution in [1.29, 1.82) is 0 Å². The number of aromatic nitrogens is 4. The number of halogens is 1. The number of likely N-dealkylation sites (tertiary alicyclic amines) is 1. The lowest BCUT2D eigenvalue weighted by atomic mass is 9.94. The average molecular weight is 411 g/mol. The number of aryl methyl sites for hydroxylation is 1. The van der Waals surface area contributed by atoms with Crippen LogP contribution in [-0.2, 0) is 13.6 Å². The molecule has 0 amide bonds. The van der Waals surface area contributed by atoms with Crippen LogP contribution in [0.1, 0.15) is 36.6 Å². The highest BCUT2D eigenvalue weighted by atomic mass is 35.5. The monoisotopic (exact) mass is 410 g/mol. The second kappa shape index (κ2) is 8.51. The van der Waals surface area contributed by atoms with E-state index in [1.165, 1.54) is 18.4 Å². The van der Waals surface area contributed by atoms with Crippen LogP contribution in [0.25, 0.3) is 11.1 Å². The average Bonchev–Trinajstić information content (AvgIpc) is 3.16. The quantitative estimate of drug-likeness (QED) is 0.626. The first-order valence-electron chi connectivity index (χ1n) is 10.0. The lowest BCUT2D eigenvalue weighted by Gasteiger charge is -2.36. The van der Waals surface area contributed by atoms with Gasteiger partial charge in [0.25, 0.3) is 0 Å². The van der Waals surface area contributed by atoms with Gasteiger partial charge in [0.05, 0.1) is 17.9 Å². The summed E-state index contributed by atoms with van der Waals surface area (Å²) < 4.78 is 1.82. The molecule has 0 N–H and O–H groups in total. The Morgan fingerprint density at radius 2 is 1.93 bits per heavy atom. The van der Waals surface area contributed by atoms with Crippen LogP contribution in [0.3, 0.4) is 0 Å². The molecular weight excluding hydrogens is 384 g/mol. The Hall–Kier alpha value is -2.44. The largest absolute Gasteiger partial charge is 0.347 e. The predicted molar refractivity (Wildman–Crippen MR) is 117 cm³/mol. The molecule has 1 atom stereocenters. The Balaban J connectivity index is 1.72. The highest BCUT2D eigenvalue weighted by Crippen LogP contribution is 2.37. The standard InChI is InChI=1S/C22H27ClN6/c1-27(2)22-24-13-19(17-12-25-28(3)15-17)21(26-22)20-6-4-5-11-29(20)14-16-7-9-18(23)10-8-16/h7-10,12-13,15,20H,4-6,11,14H2,1-3H3. The van der Waals surface area contributed by atoms with Crippen LogP contribution in [0.15, 0.2) is 42.9 Å². The Kier molecular flexibility index (Phi) is 5.83. The third-order valence-corrected chi connectivity index (χ3v) is 5.70. The maximum Gasteiger partial charge on any atom is 0.225 e. The smallest absolute Gasteiger partial charge is 0.225 e. The summed E-state index contributed by atoms with van der Waals surface area (Å²) in [4.78, 5) is 14.1. The van der Waals surface area contributed by atoms with Gasteiger partial charge in [0.15, 0.2) is 0 Å². The van der Waals surface area contributed by atoms with Crippen molar-refractivity contribution in [3.8, 4) is 11.1 Å². The highest BCUT2D eigenvalue weighted by Gasteiger charge is 2.28. The van der Waals surface area contributed by atoms with Crippen LogP contribution in [0.5, 0.6) is 0 Å². The van der Waals surface area contributed by atoms with E-state index in [0.29, 0.717) is 0 Å². The Morgan fingerprint density at radius 3 is 2.62 bits per heavy atom. The second-order valence-corrected chi connectivity index (χ2v) is 8.31. The molecule has 1 fully saturated rings. The third-order valence-electron chi connectivity index (χ3n) is 5.45. The summed E-state index contributed by atoms with van der Waals surface area (Å²) in [7, 11) is 5.90. The first kappa shape index (κ1) is 19.9. The van der Waals surface area contributed by atoms with Gasteiger partial charge in [-0.25, -0.2) is 9.97 Å². The molecule has 0 spiro atoms. The van der Waals surface area contributed by atoms with Crippen molar-refractivity contribution in [2.24, 2.45) is 7.05 Å². The van der Waals surface area contributed by atoms with E-state index in [2.05, 4.69) is 27.1 Å². The fraction of sp³-hybridized carbons (Fsp3) is 0.409. The van der Waals surface area contributed by atoms with Gasteiger partial charge in [-0.1, -0.05) is 30.2 Å². The van der Waals surface area contributed by atoms with E-state index in [9.17, 15) is 0 Å². The minimum atomic E-state index is 0.247. The zero-order valence-electron chi connectivity index (χ0n) is 17.2. The second-order valence-electron chi connectivity index (χ2n) is 7.87. The van der Waals surface area contributed by atoms with Crippen LogP contribution in [-0.4, -0.2) is 45.3 Å². The Labute approximate surface area is 177 Å². The van der Waals surface area contributed by atoms with Crippen LogP contribution in [0.4, 0.5) is 5.95 Å². The van der Waals surface area contributed by atoms with Crippen molar-refractivity contribution >= 4 is 17.5 Å². The summed E-state index contributed by atoms with van der Waals surface area (Å²) in [5.41, 5.74) is 4.48. The number of hydrogen-bond acceptors (Lipinski definition) is 5. The number of benzene rings is 1. The molecule has 0 saturated carbocycles. The molecule has 3 heterocycles. The minimum Gasteiger partial charge on any atom is -0.347 e. The number of hydrogen-bond donors (Lipinski definition) is 0. The van der Waals surface area contributed by atoms with Gasteiger partial charge < -0.3 is 4.90 Å². The zero-order valence-corrected chi connectivity index (χ0v) is 18.0. The third kappa shape index (κ3) is 4.43. The van der Waals surface area contributed by atoms with Gasteiger partial charge in [-0.3, -0.25) is 9.58 Å². The first-order chi connectivity index (χ1) is 14.0. The van der Waals surface area contributed by atoms with E-state index < -0.39 is 0 Å². The molecule has 2 aromatic heterocycles. The molecule has 29 heavy (non-hydrogen) atoms. The zero-order chi connectivity index (χ0) is 20.4. The summed E-state index contributed by atoms with van der Waals surface area (Å²) in [6.07, 6.45) is 9.37. The van der Waals surface area contributed by atoms with Gasteiger partial charge in [-0.2, -0.15) is 5.10 Å². The molecule has 0 bridgehead atoms. The van der Waals surface area contributed by atoms with Gasteiger partial charge in [-0.15, -0.1) is 0 Å². The molecule has 3 aromatic rings. The van der Waals surface area contributed by atoms with Gasteiger partial charge >= 0.3 is 0 Å². The molecule has 1 saturated heterocycles. The molecule has 7 heteroatoms. The van der Waals surface area contributed by atoms with Crippen molar-refractivity contribution in [1.82, 2.24) is 24.6 Å². The molecule has 1 aliphatic heterocycles. The number of anilines is 1. The maximum atomic E-state index is 6.07. The molecule has 0 aliphatic carbocycles. The Bertz CT molecular complexity index is 966. The molecule has 4 rings (SSSR count). The van der Waals surface area contributed by atoms with E-state index in [1.807, 2.05) is 61.4 Å². The van der Waals surface area contributed by atoms with Crippen molar-refractivity contribution in [2.45, 2.75) is 31.8 Å². The van der Waals surface area contributed by atoms with E-state index in [4.69, 9.17) is 16.6 Å². The summed E-state index contributed by atoms with van der Waals surface area (Å²) >= 11 is 6.07. The molecule has 1 unspecified atom stereocenters. The summed E-state index contributed by atoms with van der Waals surface area (Å²) in [6, 6.07) is 8.40. The molecule has 1 aliphatic rings. The van der Waals surface area contributed by atoms with Crippen LogP contribution >= 0.6 is 11.6 Å². The van der Waals surface area contributed by atoms with E-state index in [-0.39, 0.29) is 6.04 Å². The summed E-state index contributed by atoms with van der Waals surface area (Å²) in [5, 5.41) is 5.13.